The summed E-state index contributed by atoms with van der Waals surface area (Å²) in [6.07, 6.45) is 4.99. The first kappa shape index (κ1) is 27.1. The fraction of sp³-hybridized carbons (Fsp3) is 0.0256. The molecule has 0 spiro atoms. The Labute approximate surface area is 246 Å². The van der Waals surface area contributed by atoms with Gasteiger partial charge in [-0.15, -0.1) is 0 Å². The molecule has 0 saturated heterocycles. The molecule has 6 rings (SSSR count). The fourth-order valence-electron chi connectivity index (χ4n) is 5.04. The topological polar surface area (TPSA) is 0 Å². The molecule has 6 aromatic carbocycles. The molecule has 0 aliphatic rings. The summed E-state index contributed by atoms with van der Waals surface area (Å²) in [6.45, 7) is 0. The Morgan fingerprint density at radius 1 is 0.415 bits per heavy atom. The average Bonchev–Trinajstić information content (AvgIpc) is 3.06. The maximum Gasteiger partial charge on any atom is 0.00136 e. The van der Waals surface area contributed by atoms with Crippen molar-refractivity contribution >= 4 is 42.4 Å². The normalized spacial score (nSPS) is 11.6. The summed E-state index contributed by atoms with van der Waals surface area (Å²) in [7, 11) is -1.39. The molecule has 0 fully saturated rings. The van der Waals surface area contributed by atoms with Gasteiger partial charge in [0.25, 0.3) is 0 Å². The van der Waals surface area contributed by atoms with Crippen LogP contribution >= 0.6 is 15.8 Å². The molecule has 0 unspecified atom stereocenters. The Balaban J connectivity index is 1.50. The van der Waals surface area contributed by atoms with E-state index in [1.165, 1.54) is 43.2 Å². The highest BCUT2D eigenvalue weighted by molar-refractivity contribution is 7.82. The smallest absolute Gasteiger partial charge is 0.00136 e. The van der Waals surface area contributed by atoms with E-state index in [2.05, 4.69) is 182 Å². The quantitative estimate of drug-likeness (QED) is 0.122. The van der Waals surface area contributed by atoms with Gasteiger partial charge < -0.3 is 0 Å². The molecule has 6 aromatic rings. The summed E-state index contributed by atoms with van der Waals surface area (Å²) in [5.41, 5.74) is 3.72. The van der Waals surface area contributed by atoms with Gasteiger partial charge in [0.15, 0.2) is 0 Å². The monoisotopic (exact) mass is 561 g/mol. The predicted octanol–water partition coefficient (Wildman–Crippen LogP) is 8.64. The minimum absolute atomic E-state index is 0.570. The molecular weight excluding hydrogens is 530 g/mol. The number of rotatable bonds is 9. The summed E-state index contributed by atoms with van der Waals surface area (Å²) in [4.78, 5) is 0. The minimum atomic E-state index is -0.824. The van der Waals surface area contributed by atoms with Crippen molar-refractivity contribution < 1.29 is 0 Å². The summed E-state index contributed by atoms with van der Waals surface area (Å²) in [6, 6.07) is 63.5. The molecule has 41 heavy (non-hydrogen) atoms. The third-order valence-electron chi connectivity index (χ3n) is 7.03. The molecule has 0 aliphatic heterocycles. The Morgan fingerprint density at radius 3 is 1.29 bits per heavy atom. The highest BCUT2D eigenvalue weighted by Crippen LogP contribution is 2.49. The van der Waals surface area contributed by atoms with Gasteiger partial charge in [0.1, 0.15) is 0 Å². The molecule has 0 heterocycles. The molecule has 197 valence electrons. The van der Waals surface area contributed by atoms with E-state index >= 15 is 0 Å². The van der Waals surface area contributed by atoms with Crippen LogP contribution in [0.15, 0.2) is 176 Å². The third-order valence-corrected chi connectivity index (χ3v) is 12.0. The molecule has 0 nitrogen and oxygen atoms in total. The average molecular weight is 562 g/mol. The SMILES string of the molecule is [C](=C(c1ccccc1)P(c1ccccc1)c1ccccc1)c1ccccc1CP(c1ccccc1)c1ccccc1. The Morgan fingerprint density at radius 2 is 0.805 bits per heavy atom. The van der Waals surface area contributed by atoms with Crippen molar-refractivity contribution in [2.45, 2.75) is 6.16 Å². The second kappa shape index (κ2) is 13.5. The van der Waals surface area contributed by atoms with Crippen LogP contribution in [-0.4, -0.2) is 0 Å². The zero-order valence-corrected chi connectivity index (χ0v) is 24.6. The van der Waals surface area contributed by atoms with Gasteiger partial charge in [-0.3, -0.25) is 0 Å². The van der Waals surface area contributed by atoms with E-state index in [-0.39, 0.29) is 0 Å². The highest BCUT2D eigenvalue weighted by Gasteiger charge is 2.22. The van der Waals surface area contributed by atoms with E-state index < -0.39 is 15.8 Å². The van der Waals surface area contributed by atoms with Gasteiger partial charge in [-0.2, -0.15) is 0 Å². The van der Waals surface area contributed by atoms with Crippen molar-refractivity contribution in [3.63, 3.8) is 0 Å². The molecule has 2 heteroatoms. The molecule has 0 N–H and O–H groups in total. The lowest BCUT2D eigenvalue weighted by Crippen LogP contribution is -2.14. The summed E-state index contributed by atoms with van der Waals surface area (Å²) in [5.74, 6) is 0. The molecular formula is C39H31P2. The fourth-order valence-corrected chi connectivity index (χ4v) is 9.78. The lowest BCUT2D eigenvalue weighted by Gasteiger charge is -2.24. The third kappa shape index (κ3) is 6.64. The van der Waals surface area contributed by atoms with Crippen LogP contribution in [-0.2, 0) is 6.16 Å². The van der Waals surface area contributed by atoms with Gasteiger partial charge in [0, 0.05) is 11.5 Å². The molecule has 0 saturated carbocycles. The molecule has 1 radical (unpaired) electrons. The first-order chi connectivity index (χ1) is 20.4. The maximum absolute atomic E-state index is 4.03. The van der Waals surface area contributed by atoms with Gasteiger partial charge in [0.05, 0.1) is 0 Å². The number of hydrogen-bond acceptors (Lipinski definition) is 0. The predicted molar refractivity (Wildman–Crippen MR) is 180 cm³/mol. The van der Waals surface area contributed by atoms with E-state index in [1.807, 2.05) is 0 Å². The van der Waals surface area contributed by atoms with Crippen molar-refractivity contribution in [1.29, 1.82) is 0 Å². The lowest BCUT2D eigenvalue weighted by molar-refractivity contribution is 1.35. The van der Waals surface area contributed by atoms with E-state index in [4.69, 9.17) is 0 Å². The molecule has 0 aromatic heterocycles. The van der Waals surface area contributed by atoms with Crippen LogP contribution in [0.25, 0.3) is 5.31 Å². The molecule has 0 amide bonds. The van der Waals surface area contributed by atoms with E-state index in [0.717, 1.165) is 6.16 Å². The van der Waals surface area contributed by atoms with Gasteiger partial charge >= 0.3 is 0 Å². The molecule has 0 aliphatic carbocycles. The van der Waals surface area contributed by atoms with Crippen molar-refractivity contribution in [2.75, 3.05) is 0 Å². The van der Waals surface area contributed by atoms with Crippen LogP contribution in [0, 0.1) is 6.08 Å². The van der Waals surface area contributed by atoms with Crippen LogP contribution in [0.1, 0.15) is 16.7 Å². The Hall–Kier alpha value is -4.08. The van der Waals surface area contributed by atoms with Crippen LogP contribution in [0.2, 0.25) is 0 Å². The van der Waals surface area contributed by atoms with Crippen molar-refractivity contribution in [1.82, 2.24) is 0 Å². The number of benzene rings is 6. The highest BCUT2D eigenvalue weighted by atomic mass is 31.1. The first-order valence-corrected chi connectivity index (χ1v) is 16.8. The molecule has 0 bridgehead atoms. The summed E-state index contributed by atoms with van der Waals surface area (Å²) in [5, 5.41) is 6.69. The van der Waals surface area contributed by atoms with Gasteiger partial charge in [-0.25, -0.2) is 0 Å². The second-order valence-corrected chi connectivity index (χ2v) is 14.1. The van der Waals surface area contributed by atoms with Crippen molar-refractivity contribution in [2.24, 2.45) is 0 Å². The second-order valence-electron chi connectivity index (χ2n) is 9.76. The largest absolute Gasteiger partial charge is 0.0622 e. The van der Waals surface area contributed by atoms with Crippen LogP contribution < -0.4 is 21.2 Å². The molecule has 0 atom stereocenters. The van der Waals surface area contributed by atoms with Crippen LogP contribution in [0.3, 0.4) is 0 Å². The summed E-state index contributed by atoms with van der Waals surface area (Å²) < 4.78 is 0. The van der Waals surface area contributed by atoms with Gasteiger partial charge in [-0.1, -0.05) is 176 Å². The zero-order chi connectivity index (χ0) is 27.7. The zero-order valence-electron chi connectivity index (χ0n) is 22.8. The van der Waals surface area contributed by atoms with Gasteiger partial charge in [0.2, 0.25) is 0 Å². The first-order valence-electron chi connectivity index (χ1n) is 13.9. The Bertz CT molecular complexity index is 1600. The van der Waals surface area contributed by atoms with Crippen LogP contribution in [0.5, 0.6) is 0 Å². The van der Waals surface area contributed by atoms with E-state index in [0.29, 0.717) is 0 Å². The summed E-state index contributed by atoms with van der Waals surface area (Å²) >= 11 is 0. The minimum Gasteiger partial charge on any atom is -0.0622 e. The van der Waals surface area contributed by atoms with E-state index in [1.54, 1.807) is 0 Å². The lowest BCUT2D eigenvalue weighted by atomic mass is 10.1. The standard InChI is InChI=1S/C39H31P2/c1-6-18-32(19-7-1)39(41(37-26-12-4-13-27-37)38-28-14-5-15-29-38)30-33-20-16-17-21-34(33)31-40(35-22-8-2-9-23-35)36-24-10-3-11-25-36/h1-29H,31H2. The Kier molecular flexibility index (Phi) is 8.94. The number of hydrogen-bond donors (Lipinski definition) is 0. The maximum atomic E-state index is 4.03. The van der Waals surface area contributed by atoms with Crippen molar-refractivity contribution in [3.8, 4) is 0 Å². The van der Waals surface area contributed by atoms with Crippen molar-refractivity contribution in [3.05, 3.63) is 199 Å². The van der Waals surface area contributed by atoms with E-state index in [9.17, 15) is 0 Å². The van der Waals surface area contributed by atoms with Gasteiger partial charge in [-0.05, 0) is 59.8 Å². The van der Waals surface area contributed by atoms with Crippen LogP contribution in [0.4, 0.5) is 0 Å².